The van der Waals surface area contributed by atoms with Crippen LogP contribution in [0.5, 0.6) is 0 Å². The zero-order valence-electron chi connectivity index (χ0n) is 16.8. The predicted octanol–water partition coefficient (Wildman–Crippen LogP) is 2.72. The minimum absolute atomic E-state index is 0.0750. The molecule has 0 N–H and O–H groups in total. The molecule has 2 aliphatic heterocycles. The second-order valence-electron chi connectivity index (χ2n) is 7.91. The van der Waals surface area contributed by atoms with Crippen LogP contribution in [-0.2, 0) is 17.5 Å². The highest BCUT2D eigenvalue weighted by Gasteiger charge is 2.32. The number of alkyl halides is 3. The molecule has 30 heavy (non-hydrogen) atoms. The van der Waals surface area contributed by atoms with Crippen LogP contribution in [0.25, 0.3) is 0 Å². The first-order valence-electron chi connectivity index (χ1n) is 10.3. The normalized spacial score (nSPS) is 21.1. The number of nitrogens with zero attached hydrogens (tertiary/aromatic N) is 5. The fourth-order valence-electron chi connectivity index (χ4n) is 4.34. The largest absolute Gasteiger partial charge is 0.416 e. The summed E-state index contributed by atoms with van der Waals surface area (Å²) in [5.41, 5.74) is 0.00481. The Balaban J connectivity index is 1.32. The van der Waals surface area contributed by atoms with E-state index in [0.717, 1.165) is 38.5 Å². The van der Waals surface area contributed by atoms with Crippen LogP contribution in [0, 0.1) is 0 Å². The molecule has 0 saturated carbocycles. The summed E-state index contributed by atoms with van der Waals surface area (Å²) in [6, 6.07) is 7.64. The van der Waals surface area contributed by atoms with E-state index in [2.05, 4.69) is 10.00 Å². The van der Waals surface area contributed by atoms with Gasteiger partial charge in [0.1, 0.15) is 6.54 Å². The molecule has 0 unspecified atom stereocenters. The number of amides is 1. The molecule has 3 heterocycles. The third-order valence-electron chi connectivity index (χ3n) is 5.97. The topological polar surface area (TPSA) is 44.6 Å². The highest BCUT2D eigenvalue weighted by Crippen LogP contribution is 2.32. The Bertz CT molecular complexity index is 847. The van der Waals surface area contributed by atoms with Crippen molar-refractivity contribution in [1.29, 1.82) is 0 Å². The molecule has 2 aliphatic rings. The Morgan fingerprint density at radius 1 is 1.10 bits per heavy atom. The summed E-state index contributed by atoms with van der Waals surface area (Å²) in [5, 5.41) is 4.10. The summed E-state index contributed by atoms with van der Waals surface area (Å²) in [6.07, 6.45) is 1.12. The number of piperidine rings is 1. The van der Waals surface area contributed by atoms with Gasteiger partial charge in [-0.05, 0) is 37.1 Å². The van der Waals surface area contributed by atoms with Crippen LogP contribution in [0.15, 0.2) is 42.7 Å². The first kappa shape index (κ1) is 20.7. The lowest BCUT2D eigenvalue weighted by Crippen LogP contribution is -2.56. The maximum atomic E-state index is 13.0. The summed E-state index contributed by atoms with van der Waals surface area (Å²) >= 11 is 0. The Morgan fingerprint density at radius 2 is 1.90 bits per heavy atom. The van der Waals surface area contributed by atoms with Gasteiger partial charge in [0, 0.05) is 63.4 Å². The fourth-order valence-corrected chi connectivity index (χ4v) is 4.34. The molecule has 1 aromatic heterocycles. The lowest BCUT2D eigenvalue weighted by atomic mass is 10.0. The van der Waals surface area contributed by atoms with Gasteiger partial charge >= 0.3 is 6.18 Å². The smallest absolute Gasteiger partial charge is 0.369 e. The molecule has 6 nitrogen and oxygen atoms in total. The lowest BCUT2D eigenvalue weighted by Gasteiger charge is -2.44. The molecule has 0 bridgehead atoms. The van der Waals surface area contributed by atoms with Crippen molar-refractivity contribution in [3.05, 3.63) is 48.3 Å². The highest BCUT2D eigenvalue weighted by molar-refractivity contribution is 5.76. The lowest BCUT2D eigenvalue weighted by molar-refractivity contribution is -0.137. The number of rotatable bonds is 4. The van der Waals surface area contributed by atoms with E-state index in [4.69, 9.17) is 0 Å². The number of anilines is 1. The van der Waals surface area contributed by atoms with Crippen molar-refractivity contribution in [1.82, 2.24) is 19.6 Å². The van der Waals surface area contributed by atoms with Gasteiger partial charge < -0.3 is 9.80 Å². The second-order valence-corrected chi connectivity index (χ2v) is 7.91. The van der Waals surface area contributed by atoms with Crippen LogP contribution in [0.2, 0.25) is 0 Å². The minimum Gasteiger partial charge on any atom is -0.369 e. The summed E-state index contributed by atoms with van der Waals surface area (Å²) in [6.45, 7) is 4.63. The van der Waals surface area contributed by atoms with Crippen LogP contribution in [0.3, 0.4) is 0 Å². The number of piperazine rings is 1. The number of benzene rings is 1. The van der Waals surface area contributed by atoms with Crippen molar-refractivity contribution in [3.63, 3.8) is 0 Å². The summed E-state index contributed by atoms with van der Waals surface area (Å²) in [5.74, 6) is 0.0750. The van der Waals surface area contributed by atoms with Gasteiger partial charge in [0.15, 0.2) is 0 Å². The molecule has 4 rings (SSSR count). The van der Waals surface area contributed by atoms with Gasteiger partial charge in [0.25, 0.3) is 0 Å². The number of aromatic nitrogens is 2. The number of hydrogen-bond acceptors (Lipinski definition) is 4. The van der Waals surface area contributed by atoms with Gasteiger partial charge in [0.2, 0.25) is 5.91 Å². The van der Waals surface area contributed by atoms with Crippen LogP contribution in [-0.4, -0.2) is 70.8 Å². The molecular weight excluding hydrogens is 395 g/mol. The molecule has 9 heteroatoms. The quantitative estimate of drug-likeness (QED) is 0.762. The van der Waals surface area contributed by atoms with E-state index in [0.29, 0.717) is 31.4 Å². The fraction of sp³-hybridized carbons (Fsp3) is 0.524. The van der Waals surface area contributed by atoms with E-state index < -0.39 is 11.7 Å². The molecular formula is C21H26F3N5O. The van der Waals surface area contributed by atoms with E-state index in [-0.39, 0.29) is 12.5 Å². The van der Waals surface area contributed by atoms with Crippen molar-refractivity contribution in [2.45, 2.75) is 31.6 Å². The van der Waals surface area contributed by atoms with E-state index in [1.807, 2.05) is 9.80 Å². The van der Waals surface area contributed by atoms with Crippen molar-refractivity contribution < 1.29 is 18.0 Å². The van der Waals surface area contributed by atoms with E-state index >= 15 is 0 Å². The van der Waals surface area contributed by atoms with Crippen molar-refractivity contribution >= 4 is 11.6 Å². The van der Waals surface area contributed by atoms with E-state index in [1.165, 1.54) is 12.1 Å². The monoisotopic (exact) mass is 421 g/mol. The molecule has 0 radical (unpaired) electrons. The van der Waals surface area contributed by atoms with Gasteiger partial charge in [-0.3, -0.25) is 14.4 Å². The number of likely N-dealkylation sites (tertiary alicyclic amines) is 1. The standard InChI is InChI=1S/C21H26F3N5O/c22-21(23,24)17-4-1-5-18(14-17)26-10-12-27(13-11-26)19-6-2-8-28(15-19)20(30)16-29-9-3-7-25-29/h1,3-5,7,9,14,19H,2,6,8,10-13,15-16H2/t19-/m1/s1. The maximum absolute atomic E-state index is 13.0. The molecule has 2 saturated heterocycles. The first-order valence-corrected chi connectivity index (χ1v) is 10.3. The van der Waals surface area contributed by atoms with E-state index in [1.54, 1.807) is 29.2 Å². The maximum Gasteiger partial charge on any atom is 0.416 e. The SMILES string of the molecule is O=C(Cn1cccn1)N1CCC[C@@H](N2CCN(c3cccc(C(F)(F)F)c3)CC2)C1. The average molecular weight is 421 g/mol. The Labute approximate surface area is 173 Å². The number of carbonyl (C=O) groups excluding carboxylic acids is 1. The average Bonchev–Trinajstić information content (AvgIpc) is 3.26. The predicted molar refractivity (Wildman–Crippen MR) is 107 cm³/mol. The molecule has 162 valence electrons. The molecule has 1 amide bonds. The van der Waals surface area contributed by atoms with Crippen molar-refractivity contribution in [3.8, 4) is 0 Å². The molecule has 1 atom stereocenters. The second kappa shape index (κ2) is 8.67. The van der Waals surface area contributed by atoms with Crippen LogP contribution >= 0.6 is 0 Å². The third-order valence-corrected chi connectivity index (χ3v) is 5.97. The van der Waals surface area contributed by atoms with Gasteiger partial charge in [-0.2, -0.15) is 18.3 Å². The molecule has 2 fully saturated rings. The highest BCUT2D eigenvalue weighted by atomic mass is 19.4. The molecule has 1 aromatic carbocycles. The Hall–Kier alpha value is -2.55. The zero-order valence-corrected chi connectivity index (χ0v) is 16.8. The third kappa shape index (κ3) is 4.77. The molecule has 0 aliphatic carbocycles. The van der Waals surface area contributed by atoms with Gasteiger partial charge in [-0.15, -0.1) is 0 Å². The molecule has 0 spiro atoms. The summed E-state index contributed by atoms with van der Waals surface area (Å²) in [4.78, 5) is 18.9. The van der Waals surface area contributed by atoms with Gasteiger partial charge in [-0.1, -0.05) is 6.07 Å². The first-order chi connectivity index (χ1) is 14.4. The molecule has 2 aromatic rings. The van der Waals surface area contributed by atoms with Gasteiger partial charge in [0.05, 0.1) is 5.56 Å². The number of carbonyl (C=O) groups is 1. The minimum atomic E-state index is -4.33. The Kier molecular flexibility index (Phi) is 5.99. The van der Waals surface area contributed by atoms with Crippen LogP contribution < -0.4 is 4.90 Å². The van der Waals surface area contributed by atoms with Crippen molar-refractivity contribution in [2.75, 3.05) is 44.2 Å². The van der Waals surface area contributed by atoms with Crippen LogP contribution in [0.1, 0.15) is 18.4 Å². The van der Waals surface area contributed by atoms with E-state index in [9.17, 15) is 18.0 Å². The Morgan fingerprint density at radius 3 is 2.60 bits per heavy atom. The zero-order chi connectivity index (χ0) is 21.1. The number of hydrogen-bond donors (Lipinski definition) is 0. The summed E-state index contributed by atoms with van der Waals surface area (Å²) in [7, 11) is 0. The van der Waals surface area contributed by atoms with Crippen molar-refractivity contribution in [2.24, 2.45) is 0 Å². The van der Waals surface area contributed by atoms with Crippen LogP contribution in [0.4, 0.5) is 18.9 Å². The summed E-state index contributed by atoms with van der Waals surface area (Å²) < 4.78 is 40.6. The van der Waals surface area contributed by atoms with Gasteiger partial charge in [-0.25, -0.2) is 0 Å². The number of halogens is 3.